The van der Waals surface area contributed by atoms with Gasteiger partial charge in [0.05, 0.1) is 6.61 Å². The van der Waals surface area contributed by atoms with Gasteiger partial charge in [0, 0.05) is 11.8 Å². The molecule has 1 aliphatic heterocycles. The Balaban J connectivity index is 2.19. The highest BCUT2D eigenvalue weighted by molar-refractivity contribution is 5.85. The highest BCUT2D eigenvalue weighted by atomic mass is 16.6. The Morgan fingerprint density at radius 2 is 2.06 bits per heavy atom. The van der Waals surface area contributed by atoms with Crippen molar-refractivity contribution in [3.8, 4) is 0 Å². The highest BCUT2D eigenvalue weighted by Gasteiger charge is 2.43. The SMILES string of the molecule is O=C(O)c1ccc([C@@H]2O[C@H](CO)[C@@H](O)[C@H]2O)cn1. The van der Waals surface area contributed by atoms with Crippen LogP contribution in [0.2, 0.25) is 0 Å². The van der Waals surface area contributed by atoms with Crippen molar-refractivity contribution in [3.05, 3.63) is 29.6 Å². The number of pyridine rings is 1. The van der Waals surface area contributed by atoms with Crippen molar-refractivity contribution in [1.82, 2.24) is 4.98 Å². The molecule has 4 N–H and O–H groups in total. The molecule has 1 fully saturated rings. The van der Waals surface area contributed by atoms with Crippen molar-refractivity contribution >= 4 is 5.97 Å². The zero-order chi connectivity index (χ0) is 13.3. The number of ether oxygens (including phenoxy) is 1. The fraction of sp³-hybridized carbons (Fsp3) is 0.455. The van der Waals surface area contributed by atoms with Crippen molar-refractivity contribution in [2.75, 3.05) is 6.61 Å². The number of carboxylic acids is 1. The van der Waals surface area contributed by atoms with Crippen molar-refractivity contribution in [1.29, 1.82) is 0 Å². The maximum atomic E-state index is 10.6. The third kappa shape index (κ3) is 2.21. The van der Waals surface area contributed by atoms with E-state index in [4.69, 9.17) is 14.9 Å². The number of carboxylic acid groups (broad SMARTS) is 1. The van der Waals surface area contributed by atoms with Gasteiger partial charge in [0.25, 0.3) is 0 Å². The van der Waals surface area contributed by atoms with E-state index in [2.05, 4.69) is 4.98 Å². The molecule has 0 unspecified atom stereocenters. The molecule has 1 aromatic heterocycles. The molecule has 7 nitrogen and oxygen atoms in total. The molecule has 0 radical (unpaired) electrons. The molecular formula is C11H13NO6. The van der Waals surface area contributed by atoms with Crippen molar-refractivity contribution in [2.24, 2.45) is 0 Å². The van der Waals surface area contributed by atoms with Crippen LogP contribution in [0.4, 0.5) is 0 Å². The van der Waals surface area contributed by atoms with Crippen LogP contribution in [0.5, 0.6) is 0 Å². The second-order valence-corrected chi connectivity index (χ2v) is 4.04. The number of nitrogens with zero attached hydrogens (tertiary/aromatic N) is 1. The molecular weight excluding hydrogens is 242 g/mol. The number of hydrogen-bond donors (Lipinski definition) is 4. The Kier molecular flexibility index (Phi) is 3.58. The third-order valence-corrected chi connectivity index (χ3v) is 2.88. The van der Waals surface area contributed by atoms with Crippen molar-refractivity contribution < 1.29 is 30.0 Å². The molecule has 1 saturated heterocycles. The van der Waals surface area contributed by atoms with E-state index in [1.165, 1.54) is 18.3 Å². The number of aliphatic hydroxyl groups excluding tert-OH is 3. The van der Waals surface area contributed by atoms with Crippen LogP contribution < -0.4 is 0 Å². The monoisotopic (exact) mass is 255 g/mol. The Hall–Kier alpha value is -1.54. The van der Waals surface area contributed by atoms with Gasteiger partial charge in [0.15, 0.2) is 0 Å². The lowest BCUT2D eigenvalue weighted by Gasteiger charge is -2.14. The number of aromatic nitrogens is 1. The molecule has 2 rings (SSSR count). The summed E-state index contributed by atoms with van der Waals surface area (Å²) in [5, 5.41) is 37.0. The van der Waals surface area contributed by atoms with Crippen LogP contribution in [0.25, 0.3) is 0 Å². The fourth-order valence-corrected chi connectivity index (χ4v) is 1.88. The third-order valence-electron chi connectivity index (χ3n) is 2.88. The summed E-state index contributed by atoms with van der Waals surface area (Å²) < 4.78 is 5.28. The van der Waals surface area contributed by atoms with Gasteiger partial charge >= 0.3 is 5.97 Å². The lowest BCUT2D eigenvalue weighted by atomic mass is 10.0. The molecule has 0 aliphatic carbocycles. The van der Waals surface area contributed by atoms with Gasteiger partial charge in [0.2, 0.25) is 0 Å². The Bertz CT molecular complexity index is 434. The summed E-state index contributed by atoms with van der Waals surface area (Å²) in [6.45, 7) is -0.407. The van der Waals surface area contributed by atoms with Crippen LogP contribution in [-0.2, 0) is 4.74 Å². The molecule has 0 aromatic carbocycles. The summed E-state index contributed by atoms with van der Waals surface area (Å²) in [5.41, 5.74) is 0.327. The summed E-state index contributed by atoms with van der Waals surface area (Å²) in [5.74, 6) is -1.15. The van der Waals surface area contributed by atoms with E-state index in [1.807, 2.05) is 0 Å². The van der Waals surface area contributed by atoms with Crippen LogP contribution in [0.1, 0.15) is 22.2 Å². The second-order valence-electron chi connectivity index (χ2n) is 4.04. The fourth-order valence-electron chi connectivity index (χ4n) is 1.88. The summed E-state index contributed by atoms with van der Waals surface area (Å²) in [6, 6.07) is 2.74. The van der Waals surface area contributed by atoms with Crippen LogP contribution >= 0.6 is 0 Å². The first-order valence-electron chi connectivity index (χ1n) is 5.36. The molecule has 0 bridgehead atoms. The van der Waals surface area contributed by atoms with Gasteiger partial charge in [-0.1, -0.05) is 6.07 Å². The van der Waals surface area contributed by atoms with Crippen LogP contribution in [0, 0.1) is 0 Å². The van der Waals surface area contributed by atoms with Gasteiger partial charge in [-0.15, -0.1) is 0 Å². The van der Waals surface area contributed by atoms with Gasteiger partial charge in [-0.2, -0.15) is 0 Å². The number of carbonyl (C=O) groups is 1. The minimum Gasteiger partial charge on any atom is -0.477 e. The summed E-state index contributed by atoms with van der Waals surface area (Å²) >= 11 is 0. The Labute approximate surface area is 102 Å². The van der Waals surface area contributed by atoms with Gasteiger partial charge in [0.1, 0.15) is 30.1 Å². The van der Waals surface area contributed by atoms with E-state index in [0.29, 0.717) is 5.56 Å². The summed E-state index contributed by atoms with van der Waals surface area (Å²) in [6.07, 6.45) is -2.78. The van der Waals surface area contributed by atoms with Gasteiger partial charge in [-0.25, -0.2) is 9.78 Å². The lowest BCUT2D eigenvalue weighted by molar-refractivity contribution is -0.0228. The van der Waals surface area contributed by atoms with Gasteiger partial charge in [-0.3, -0.25) is 0 Å². The minimum atomic E-state index is -1.18. The first-order chi connectivity index (χ1) is 8.54. The number of rotatable bonds is 3. The highest BCUT2D eigenvalue weighted by Crippen LogP contribution is 2.32. The Morgan fingerprint density at radius 1 is 1.33 bits per heavy atom. The topological polar surface area (TPSA) is 120 Å². The van der Waals surface area contributed by atoms with E-state index in [-0.39, 0.29) is 5.69 Å². The molecule has 4 atom stereocenters. The summed E-state index contributed by atoms with van der Waals surface area (Å²) in [4.78, 5) is 14.3. The molecule has 1 aromatic rings. The van der Waals surface area contributed by atoms with E-state index >= 15 is 0 Å². The smallest absolute Gasteiger partial charge is 0.354 e. The number of aliphatic hydroxyl groups is 3. The normalized spacial score (nSPS) is 31.5. The molecule has 2 heterocycles. The zero-order valence-corrected chi connectivity index (χ0v) is 9.30. The predicted molar refractivity (Wildman–Crippen MR) is 57.9 cm³/mol. The van der Waals surface area contributed by atoms with E-state index in [9.17, 15) is 15.0 Å². The van der Waals surface area contributed by atoms with Gasteiger partial charge in [-0.05, 0) is 6.07 Å². The maximum absolute atomic E-state index is 10.6. The standard InChI is InChI=1S/C11H13NO6/c13-4-7-8(14)9(15)10(18-7)5-1-2-6(11(16)17)12-3-5/h1-3,7-10,13-15H,4H2,(H,16,17)/t7-,8-,9-,10+/m1/s1. The van der Waals surface area contributed by atoms with E-state index < -0.39 is 37.0 Å². The molecule has 18 heavy (non-hydrogen) atoms. The maximum Gasteiger partial charge on any atom is 0.354 e. The number of aromatic carboxylic acids is 1. The Morgan fingerprint density at radius 3 is 2.50 bits per heavy atom. The first-order valence-corrected chi connectivity index (χ1v) is 5.36. The molecule has 7 heteroatoms. The van der Waals surface area contributed by atoms with Crippen molar-refractivity contribution in [2.45, 2.75) is 24.4 Å². The number of hydrogen-bond acceptors (Lipinski definition) is 6. The lowest BCUT2D eigenvalue weighted by Crippen LogP contribution is -2.32. The zero-order valence-electron chi connectivity index (χ0n) is 9.30. The average Bonchev–Trinajstić information content (AvgIpc) is 2.66. The molecule has 1 aliphatic rings. The van der Waals surface area contributed by atoms with Crippen LogP contribution in [0.15, 0.2) is 18.3 Å². The molecule has 98 valence electrons. The second kappa shape index (κ2) is 4.99. The van der Waals surface area contributed by atoms with E-state index in [1.54, 1.807) is 0 Å². The van der Waals surface area contributed by atoms with Crippen molar-refractivity contribution in [3.63, 3.8) is 0 Å². The van der Waals surface area contributed by atoms with Crippen LogP contribution in [0.3, 0.4) is 0 Å². The van der Waals surface area contributed by atoms with E-state index in [0.717, 1.165) is 0 Å². The predicted octanol–water partition coefficient (Wildman–Crippen LogP) is -1.07. The average molecular weight is 255 g/mol. The first kappa shape index (κ1) is 12.9. The molecule has 0 amide bonds. The summed E-state index contributed by atoms with van der Waals surface area (Å²) in [7, 11) is 0. The van der Waals surface area contributed by atoms with Crippen LogP contribution in [-0.4, -0.2) is 56.3 Å². The molecule has 0 spiro atoms. The quantitative estimate of drug-likeness (QED) is 0.543. The minimum absolute atomic E-state index is 0.120. The molecule has 0 saturated carbocycles. The largest absolute Gasteiger partial charge is 0.477 e. The van der Waals surface area contributed by atoms with Gasteiger partial charge < -0.3 is 25.2 Å².